The molecule has 3 rings (SSSR count). The third kappa shape index (κ3) is 6.05. The summed E-state index contributed by atoms with van der Waals surface area (Å²) in [6, 6.07) is 8.20. The number of nitrogens with zero attached hydrogens (tertiary/aromatic N) is 2. The van der Waals surface area contributed by atoms with Crippen LogP contribution in [0.2, 0.25) is 0 Å². The van der Waals surface area contributed by atoms with E-state index in [4.69, 9.17) is 10.5 Å². The van der Waals surface area contributed by atoms with Gasteiger partial charge >= 0.3 is 0 Å². The summed E-state index contributed by atoms with van der Waals surface area (Å²) in [5.41, 5.74) is 7.17. The molecule has 1 unspecified atom stereocenters. The molecule has 9 heteroatoms. The fourth-order valence-electron chi connectivity index (χ4n) is 3.15. The lowest BCUT2D eigenvalue weighted by molar-refractivity contribution is 0.0933. The molecule has 0 saturated carbocycles. The highest BCUT2D eigenvalue weighted by Crippen LogP contribution is 2.27. The second-order valence-electron chi connectivity index (χ2n) is 6.08. The van der Waals surface area contributed by atoms with Crippen LogP contribution in [0.5, 0.6) is 5.75 Å². The topological polar surface area (TPSA) is 80.5 Å². The Morgan fingerprint density at radius 1 is 1.37 bits per heavy atom. The first-order chi connectivity index (χ1) is 12.2. The van der Waals surface area contributed by atoms with Gasteiger partial charge in [-0.1, -0.05) is 12.1 Å². The van der Waals surface area contributed by atoms with Crippen LogP contribution >= 0.6 is 36.2 Å². The minimum absolute atomic E-state index is 0. The summed E-state index contributed by atoms with van der Waals surface area (Å²) in [5, 5.41) is 5.56. The Morgan fingerprint density at radius 3 is 2.74 bits per heavy atom. The molecule has 0 spiro atoms. The van der Waals surface area contributed by atoms with E-state index >= 15 is 0 Å². The van der Waals surface area contributed by atoms with Crippen molar-refractivity contribution in [2.45, 2.75) is 25.4 Å². The van der Waals surface area contributed by atoms with Gasteiger partial charge in [-0.05, 0) is 43.6 Å². The highest BCUT2D eigenvalue weighted by molar-refractivity contribution is 7.09. The fourth-order valence-corrected chi connectivity index (χ4v) is 3.80. The van der Waals surface area contributed by atoms with Crippen LogP contribution in [-0.4, -0.2) is 42.5 Å². The third-order valence-electron chi connectivity index (χ3n) is 4.47. The average Bonchev–Trinajstić information content (AvgIpc) is 3.34. The molecule has 27 heavy (non-hydrogen) atoms. The van der Waals surface area contributed by atoms with Gasteiger partial charge in [0.2, 0.25) is 0 Å². The van der Waals surface area contributed by atoms with Crippen LogP contribution in [0.3, 0.4) is 0 Å². The largest absolute Gasteiger partial charge is 0.497 e. The normalized spacial score (nSPS) is 14.7. The summed E-state index contributed by atoms with van der Waals surface area (Å²) in [6.45, 7) is 3.00. The molecule has 1 saturated heterocycles. The van der Waals surface area contributed by atoms with Crippen molar-refractivity contribution in [3.63, 3.8) is 0 Å². The number of carbonyl (C=O) groups is 1. The molecule has 1 amide bonds. The number of carbonyl (C=O) groups excluding carboxylic acids is 1. The maximum Gasteiger partial charge on any atom is 0.270 e. The molecule has 2 heterocycles. The van der Waals surface area contributed by atoms with E-state index in [1.54, 1.807) is 12.5 Å². The van der Waals surface area contributed by atoms with Crippen LogP contribution < -0.4 is 15.8 Å². The molecule has 0 aliphatic carbocycles. The standard InChI is InChI=1S/C18H24N4O2S.2ClH/c1-24-14-6-4-5-13(9-14)16(22-7-2-3-8-22)11-20-18(23)15-12-25-17(10-19)21-15;;/h4-6,9,12,16H,2-3,7-8,10-11,19H2,1H3,(H,20,23);2*1H. The van der Waals surface area contributed by atoms with Gasteiger partial charge in [-0.3, -0.25) is 9.69 Å². The van der Waals surface area contributed by atoms with Crippen molar-refractivity contribution < 1.29 is 9.53 Å². The SMILES string of the molecule is COc1cccc(C(CNC(=O)c2csc(CN)n2)N2CCCC2)c1.Cl.Cl. The highest BCUT2D eigenvalue weighted by atomic mass is 35.5. The van der Waals surface area contributed by atoms with Crippen LogP contribution in [-0.2, 0) is 6.54 Å². The number of ether oxygens (including phenoxy) is 1. The van der Waals surface area contributed by atoms with Crippen LogP contribution in [0, 0.1) is 0 Å². The molecule has 0 bridgehead atoms. The summed E-state index contributed by atoms with van der Waals surface area (Å²) in [6.07, 6.45) is 2.39. The van der Waals surface area contributed by atoms with Crippen molar-refractivity contribution in [1.29, 1.82) is 0 Å². The lowest BCUT2D eigenvalue weighted by Crippen LogP contribution is -2.37. The van der Waals surface area contributed by atoms with E-state index in [1.165, 1.54) is 24.2 Å². The lowest BCUT2D eigenvalue weighted by atomic mass is 10.0. The van der Waals surface area contributed by atoms with Crippen molar-refractivity contribution in [3.05, 3.63) is 45.9 Å². The quantitative estimate of drug-likeness (QED) is 0.702. The number of hydrogen-bond donors (Lipinski definition) is 2. The Balaban J connectivity index is 0.00000182. The molecule has 1 aromatic carbocycles. The molecule has 3 N–H and O–H groups in total. The summed E-state index contributed by atoms with van der Waals surface area (Å²) in [7, 11) is 1.67. The molecule has 0 radical (unpaired) electrons. The summed E-state index contributed by atoms with van der Waals surface area (Å²) in [4.78, 5) is 19.1. The van der Waals surface area contributed by atoms with Crippen molar-refractivity contribution in [2.75, 3.05) is 26.7 Å². The van der Waals surface area contributed by atoms with E-state index in [0.717, 1.165) is 29.4 Å². The Kier molecular flexibility index (Phi) is 10.0. The van der Waals surface area contributed by atoms with E-state index in [2.05, 4.69) is 21.3 Å². The molecular formula is C18H26Cl2N4O2S. The van der Waals surface area contributed by atoms with E-state index in [-0.39, 0.29) is 36.8 Å². The first-order valence-corrected chi connectivity index (χ1v) is 9.40. The number of hydrogen-bond acceptors (Lipinski definition) is 6. The van der Waals surface area contributed by atoms with Crippen LogP contribution in [0.15, 0.2) is 29.6 Å². The number of amides is 1. The molecule has 1 fully saturated rings. The summed E-state index contributed by atoms with van der Waals surface area (Å²) < 4.78 is 5.35. The Bertz CT molecular complexity index is 723. The van der Waals surface area contributed by atoms with Gasteiger partial charge in [0.15, 0.2) is 0 Å². The maximum atomic E-state index is 12.4. The Morgan fingerprint density at radius 2 is 2.11 bits per heavy atom. The van der Waals surface area contributed by atoms with Crippen LogP contribution in [0.1, 0.15) is 39.9 Å². The molecule has 1 aromatic heterocycles. The second-order valence-corrected chi connectivity index (χ2v) is 7.02. The van der Waals surface area contributed by atoms with Gasteiger partial charge in [0.1, 0.15) is 16.5 Å². The fraction of sp³-hybridized carbons (Fsp3) is 0.444. The molecular weight excluding hydrogens is 407 g/mol. The maximum absolute atomic E-state index is 12.4. The number of thiazole rings is 1. The van der Waals surface area contributed by atoms with Crippen molar-refractivity contribution in [1.82, 2.24) is 15.2 Å². The molecule has 1 aliphatic rings. The zero-order valence-corrected chi connectivity index (χ0v) is 17.7. The van der Waals surface area contributed by atoms with Gasteiger partial charge < -0.3 is 15.8 Å². The van der Waals surface area contributed by atoms with E-state index < -0.39 is 0 Å². The van der Waals surface area contributed by atoms with E-state index in [0.29, 0.717) is 18.8 Å². The van der Waals surface area contributed by atoms with Gasteiger partial charge in [0.05, 0.1) is 13.2 Å². The first kappa shape index (κ1) is 23.7. The highest BCUT2D eigenvalue weighted by Gasteiger charge is 2.24. The number of likely N-dealkylation sites (tertiary alicyclic amines) is 1. The lowest BCUT2D eigenvalue weighted by Gasteiger charge is -2.28. The minimum atomic E-state index is -0.150. The predicted octanol–water partition coefficient (Wildman–Crippen LogP) is 3.02. The predicted molar refractivity (Wildman–Crippen MR) is 113 cm³/mol. The first-order valence-electron chi connectivity index (χ1n) is 8.52. The third-order valence-corrected chi connectivity index (χ3v) is 5.35. The number of methoxy groups -OCH3 is 1. The van der Waals surface area contributed by atoms with Crippen molar-refractivity contribution in [2.24, 2.45) is 5.73 Å². The van der Waals surface area contributed by atoms with Crippen LogP contribution in [0.25, 0.3) is 0 Å². The van der Waals surface area contributed by atoms with Gasteiger partial charge in [-0.15, -0.1) is 36.2 Å². The average molecular weight is 433 g/mol. The van der Waals surface area contributed by atoms with Gasteiger partial charge in [-0.25, -0.2) is 4.98 Å². The summed E-state index contributed by atoms with van der Waals surface area (Å²) in [5.74, 6) is 0.683. The van der Waals surface area contributed by atoms with Crippen LogP contribution in [0.4, 0.5) is 0 Å². The van der Waals surface area contributed by atoms with E-state index in [1.807, 2.05) is 18.2 Å². The number of halogens is 2. The monoisotopic (exact) mass is 432 g/mol. The van der Waals surface area contributed by atoms with E-state index in [9.17, 15) is 4.79 Å². The second kappa shape index (κ2) is 11.5. The Hall–Kier alpha value is -1.38. The molecule has 1 aliphatic heterocycles. The smallest absolute Gasteiger partial charge is 0.270 e. The van der Waals surface area contributed by atoms with Gasteiger partial charge in [0.25, 0.3) is 5.91 Å². The zero-order valence-electron chi connectivity index (χ0n) is 15.2. The number of benzene rings is 1. The van der Waals surface area contributed by atoms with Gasteiger partial charge in [0, 0.05) is 18.5 Å². The number of nitrogens with one attached hydrogen (secondary N) is 1. The Labute approximate surface area is 176 Å². The van der Waals surface area contributed by atoms with Crippen molar-refractivity contribution >= 4 is 42.1 Å². The molecule has 6 nitrogen and oxygen atoms in total. The number of rotatable bonds is 7. The number of aromatic nitrogens is 1. The summed E-state index contributed by atoms with van der Waals surface area (Å²) >= 11 is 1.41. The molecule has 2 aromatic rings. The molecule has 1 atom stereocenters. The van der Waals surface area contributed by atoms with Crippen molar-refractivity contribution in [3.8, 4) is 5.75 Å². The molecule has 150 valence electrons. The minimum Gasteiger partial charge on any atom is -0.497 e. The zero-order chi connectivity index (χ0) is 17.6. The van der Waals surface area contributed by atoms with Gasteiger partial charge in [-0.2, -0.15) is 0 Å². The number of nitrogens with two attached hydrogens (primary N) is 1.